The summed E-state index contributed by atoms with van der Waals surface area (Å²) in [6.07, 6.45) is 1.15. The first-order chi connectivity index (χ1) is 10.1. The molecule has 2 rings (SSSR count). The van der Waals surface area contributed by atoms with Crippen molar-refractivity contribution in [2.24, 2.45) is 0 Å². The van der Waals surface area contributed by atoms with Gasteiger partial charge in [-0.05, 0) is 12.1 Å². The van der Waals surface area contributed by atoms with Crippen molar-refractivity contribution < 1.29 is 27.8 Å². The van der Waals surface area contributed by atoms with Gasteiger partial charge in [-0.2, -0.15) is 8.78 Å². The molecule has 2 aromatic rings. The summed E-state index contributed by atoms with van der Waals surface area (Å²) < 4.78 is 34.0. The van der Waals surface area contributed by atoms with Crippen LogP contribution in [0.3, 0.4) is 0 Å². The van der Waals surface area contributed by atoms with Crippen molar-refractivity contribution in [3.05, 3.63) is 53.5 Å². The number of alkyl halides is 2. The van der Waals surface area contributed by atoms with Gasteiger partial charge >= 0.3 is 12.6 Å². The number of hydrogen-bond acceptors (Lipinski definition) is 4. The first-order valence-corrected chi connectivity index (χ1v) is 6.10. The van der Waals surface area contributed by atoms with Gasteiger partial charge in [-0.3, -0.25) is 0 Å². The molecular formula is C14H13F2NO4. The number of carboxylic acids is 1. The first kappa shape index (κ1) is 15.0. The van der Waals surface area contributed by atoms with E-state index >= 15 is 0 Å². The van der Waals surface area contributed by atoms with Gasteiger partial charge in [0.05, 0.1) is 12.1 Å². The summed E-state index contributed by atoms with van der Waals surface area (Å²) in [5, 5.41) is 11.7. The Morgan fingerprint density at radius 3 is 2.76 bits per heavy atom. The molecule has 0 bridgehead atoms. The number of nitrogens with one attached hydrogen (secondary N) is 1. The maximum Gasteiger partial charge on any atom is 0.387 e. The standard InChI is InChI=1S/C14H13F2NO4/c15-14(16)21-12-4-2-1-3-9(12)6-17-7-11-5-10(8-20-11)13(18)19/h1-5,8,14,17H,6-7H2,(H,18,19). The minimum atomic E-state index is -2.88. The van der Waals surface area contributed by atoms with Crippen LogP contribution in [-0.4, -0.2) is 17.7 Å². The highest BCUT2D eigenvalue weighted by molar-refractivity contribution is 5.87. The van der Waals surface area contributed by atoms with Crippen molar-refractivity contribution in [1.29, 1.82) is 0 Å². The van der Waals surface area contributed by atoms with Crippen LogP contribution in [0, 0.1) is 0 Å². The molecule has 2 N–H and O–H groups in total. The number of carboxylic acid groups (broad SMARTS) is 1. The highest BCUT2D eigenvalue weighted by Crippen LogP contribution is 2.20. The summed E-state index contributed by atoms with van der Waals surface area (Å²) in [6, 6.07) is 7.84. The fourth-order valence-corrected chi connectivity index (χ4v) is 1.77. The molecule has 1 aromatic carbocycles. The third kappa shape index (κ3) is 4.28. The van der Waals surface area contributed by atoms with Crippen LogP contribution < -0.4 is 10.1 Å². The molecule has 1 aromatic heterocycles. The first-order valence-electron chi connectivity index (χ1n) is 6.10. The number of para-hydroxylation sites is 1. The van der Waals surface area contributed by atoms with E-state index in [2.05, 4.69) is 10.1 Å². The van der Waals surface area contributed by atoms with E-state index in [4.69, 9.17) is 9.52 Å². The lowest BCUT2D eigenvalue weighted by Crippen LogP contribution is -2.14. The minimum Gasteiger partial charge on any atom is -0.478 e. The summed E-state index contributed by atoms with van der Waals surface area (Å²) in [5.41, 5.74) is 0.635. The lowest BCUT2D eigenvalue weighted by atomic mass is 10.2. The normalized spacial score (nSPS) is 10.8. The zero-order valence-corrected chi connectivity index (χ0v) is 10.9. The van der Waals surface area contributed by atoms with Crippen LogP contribution in [0.15, 0.2) is 41.0 Å². The SMILES string of the molecule is O=C(O)c1coc(CNCc2ccccc2OC(F)F)c1. The second-order valence-corrected chi connectivity index (χ2v) is 4.20. The van der Waals surface area contributed by atoms with Crippen LogP contribution in [0.4, 0.5) is 8.78 Å². The molecule has 0 saturated carbocycles. The molecule has 0 aliphatic carbocycles. The van der Waals surface area contributed by atoms with E-state index in [9.17, 15) is 13.6 Å². The van der Waals surface area contributed by atoms with Crippen molar-refractivity contribution in [1.82, 2.24) is 5.32 Å². The van der Waals surface area contributed by atoms with Gasteiger partial charge in [0.1, 0.15) is 17.8 Å². The molecule has 0 unspecified atom stereocenters. The van der Waals surface area contributed by atoms with Crippen molar-refractivity contribution >= 4 is 5.97 Å². The van der Waals surface area contributed by atoms with E-state index in [1.165, 1.54) is 12.1 Å². The van der Waals surface area contributed by atoms with Crippen molar-refractivity contribution in [3.8, 4) is 5.75 Å². The summed E-state index contributed by atoms with van der Waals surface area (Å²) >= 11 is 0. The van der Waals surface area contributed by atoms with E-state index in [0.717, 1.165) is 6.26 Å². The average molecular weight is 297 g/mol. The van der Waals surface area contributed by atoms with Crippen molar-refractivity contribution in [3.63, 3.8) is 0 Å². The molecule has 0 saturated heterocycles. The number of hydrogen-bond donors (Lipinski definition) is 2. The third-order valence-corrected chi connectivity index (χ3v) is 2.70. The Kier molecular flexibility index (Phi) is 4.89. The molecule has 1 heterocycles. The van der Waals surface area contributed by atoms with Crippen molar-refractivity contribution in [2.45, 2.75) is 19.7 Å². The average Bonchev–Trinajstić information content (AvgIpc) is 2.89. The van der Waals surface area contributed by atoms with Gasteiger partial charge in [0.2, 0.25) is 0 Å². The molecule has 0 aliphatic heterocycles. The Hall–Kier alpha value is -2.41. The Morgan fingerprint density at radius 1 is 1.33 bits per heavy atom. The Balaban J connectivity index is 1.92. The molecule has 0 amide bonds. The zero-order chi connectivity index (χ0) is 15.2. The lowest BCUT2D eigenvalue weighted by Gasteiger charge is -2.10. The molecule has 7 heteroatoms. The van der Waals surface area contributed by atoms with Gasteiger partial charge in [0.25, 0.3) is 0 Å². The maximum absolute atomic E-state index is 12.3. The summed E-state index contributed by atoms with van der Waals surface area (Å²) in [4.78, 5) is 10.7. The fourth-order valence-electron chi connectivity index (χ4n) is 1.77. The van der Waals surface area contributed by atoms with Gasteiger partial charge in [0.15, 0.2) is 0 Å². The van der Waals surface area contributed by atoms with Gasteiger partial charge in [-0.1, -0.05) is 18.2 Å². The van der Waals surface area contributed by atoms with Gasteiger partial charge in [-0.15, -0.1) is 0 Å². The number of halogens is 2. The van der Waals surface area contributed by atoms with Crippen LogP contribution in [0.1, 0.15) is 21.7 Å². The summed E-state index contributed by atoms with van der Waals surface area (Å²) in [5.74, 6) is -0.522. The van der Waals surface area contributed by atoms with Crippen molar-refractivity contribution in [2.75, 3.05) is 0 Å². The number of benzene rings is 1. The zero-order valence-electron chi connectivity index (χ0n) is 10.9. The number of rotatable bonds is 7. The predicted octanol–water partition coefficient (Wildman–Crippen LogP) is 2.87. The van der Waals surface area contributed by atoms with Gasteiger partial charge in [-0.25, -0.2) is 4.79 Å². The third-order valence-electron chi connectivity index (χ3n) is 2.70. The minimum absolute atomic E-state index is 0.0632. The maximum atomic E-state index is 12.3. The smallest absolute Gasteiger partial charge is 0.387 e. The molecule has 0 spiro atoms. The van der Waals surface area contributed by atoms with Crippen LogP contribution >= 0.6 is 0 Å². The van der Waals surface area contributed by atoms with Crippen LogP contribution in [0.2, 0.25) is 0 Å². The van der Waals surface area contributed by atoms with E-state index in [1.54, 1.807) is 18.2 Å². The lowest BCUT2D eigenvalue weighted by molar-refractivity contribution is -0.0505. The van der Waals surface area contributed by atoms with Crippen LogP contribution in [0.25, 0.3) is 0 Å². The van der Waals surface area contributed by atoms with Gasteiger partial charge in [0, 0.05) is 12.1 Å². The highest BCUT2D eigenvalue weighted by atomic mass is 19.3. The number of furan rings is 1. The molecule has 0 aliphatic rings. The largest absolute Gasteiger partial charge is 0.478 e. The highest BCUT2D eigenvalue weighted by Gasteiger charge is 2.10. The fraction of sp³-hybridized carbons (Fsp3) is 0.214. The van der Waals surface area contributed by atoms with Gasteiger partial charge < -0.3 is 19.6 Å². The Morgan fingerprint density at radius 2 is 2.10 bits per heavy atom. The topological polar surface area (TPSA) is 71.7 Å². The second kappa shape index (κ2) is 6.85. The van der Waals surface area contributed by atoms with E-state index in [0.29, 0.717) is 11.3 Å². The number of ether oxygens (including phenoxy) is 1. The number of carbonyl (C=O) groups is 1. The Bertz CT molecular complexity index is 613. The molecule has 112 valence electrons. The quantitative estimate of drug-likeness (QED) is 0.822. The molecule has 21 heavy (non-hydrogen) atoms. The van der Waals surface area contributed by atoms with Crippen LogP contribution in [-0.2, 0) is 13.1 Å². The molecule has 0 fully saturated rings. The predicted molar refractivity (Wildman–Crippen MR) is 69.3 cm³/mol. The van der Waals surface area contributed by atoms with E-state index in [-0.39, 0.29) is 24.4 Å². The second-order valence-electron chi connectivity index (χ2n) is 4.20. The molecule has 0 atom stereocenters. The molecular weight excluding hydrogens is 284 g/mol. The van der Waals surface area contributed by atoms with Crippen LogP contribution in [0.5, 0.6) is 5.75 Å². The summed E-state index contributed by atoms with van der Waals surface area (Å²) in [7, 11) is 0. The monoisotopic (exact) mass is 297 g/mol. The number of aromatic carboxylic acids is 1. The van der Waals surface area contributed by atoms with E-state index < -0.39 is 12.6 Å². The molecule has 5 nitrogen and oxygen atoms in total. The molecule has 0 radical (unpaired) electrons. The van der Waals surface area contributed by atoms with E-state index in [1.807, 2.05) is 0 Å². The summed E-state index contributed by atoms with van der Waals surface area (Å²) in [6.45, 7) is -2.32. The Labute approximate surface area is 119 Å².